The van der Waals surface area contributed by atoms with Gasteiger partial charge >= 0.3 is 0 Å². The maximum Gasteiger partial charge on any atom is 0.264 e. The summed E-state index contributed by atoms with van der Waals surface area (Å²) in [6.45, 7) is 2.21. The number of amides is 1. The number of methoxy groups -OCH3 is 1. The molecule has 29 heavy (non-hydrogen) atoms. The van der Waals surface area contributed by atoms with Gasteiger partial charge in [0.15, 0.2) is 6.10 Å². The summed E-state index contributed by atoms with van der Waals surface area (Å²) in [6.07, 6.45) is 1.57. The molecule has 0 spiro atoms. The van der Waals surface area contributed by atoms with Gasteiger partial charge in [0.25, 0.3) is 5.91 Å². The second kappa shape index (κ2) is 7.95. The highest BCUT2D eigenvalue weighted by atomic mass is 19.1. The summed E-state index contributed by atoms with van der Waals surface area (Å²) < 4.78 is 24.4. The van der Waals surface area contributed by atoms with Crippen LogP contribution in [0.25, 0.3) is 0 Å². The van der Waals surface area contributed by atoms with E-state index in [4.69, 9.17) is 9.47 Å². The lowest BCUT2D eigenvalue weighted by molar-refractivity contribution is -0.140. The third kappa shape index (κ3) is 3.81. The molecule has 0 saturated carbocycles. The number of benzene rings is 2. The van der Waals surface area contributed by atoms with Crippen molar-refractivity contribution in [3.63, 3.8) is 0 Å². The van der Waals surface area contributed by atoms with Gasteiger partial charge in [0.05, 0.1) is 19.1 Å². The molecule has 2 aromatic carbocycles. The summed E-state index contributed by atoms with van der Waals surface area (Å²) >= 11 is 0. The summed E-state index contributed by atoms with van der Waals surface area (Å²) in [6, 6.07) is 13.1. The predicted molar refractivity (Wildman–Crippen MR) is 105 cm³/mol. The van der Waals surface area contributed by atoms with E-state index in [0.29, 0.717) is 18.7 Å². The number of halogens is 1. The largest absolute Gasteiger partial charge is 0.497 e. The Balaban J connectivity index is 1.62. The molecule has 3 aromatic rings. The molecule has 1 aromatic heterocycles. The van der Waals surface area contributed by atoms with Crippen LogP contribution in [0.2, 0.25) is 0 Å². The number of hydrogen-bond acceptors (Lipinski definition) is 4. The maximum absolute atomic E-state index is 13.5. The Kier molecular flexibility index (Phi) is 5.20. The van der Waals surface area contributed by atoms with Crippen molar-refractivity contribution in [1.29, 1.82) is 0 Å². The molecule has 6 nitrogen and oxygen atoms in total. The highest BCUT2D eigenvalue weighted by Gasteiger charge is 2.36. The molecule has 150 valence electrons. The lowest BCUT2D eigenvalue weighted by atomic mass is 9.95. The van der Waals surface area contributed by atoms with Crippen LogP contribution in [0, 0.1) is 5.82 Å². The number of aromatic amines is 1. The minimum Gasteiger partial charge on any atom is -0.497 e. The zero-order chi connectivity index (χ0) is 20.4. The minimum atomic E-state index is -0.766. The highest BCUT2D eigenvalue weighted by Crippen LogP contribution is 2.34. The normalized spacial score (nSPS) is 16.8. The first-order chi connectivity index (χ1) is 14.1. The Morgan fingerprint density at radius 1 is 1.24 bits per heavy atom. The number of ether oxygens (including phenoxy) is 2. The Labute approximate surface area is 168 Å². The zero-order valence-corrected chi connectivity index (χ0v) is 16.3. The van der Waals surface area contributed by atoms with Crippen molar-refractivity contribution in [2.24, 2.45) is 0 Å². The minimum absolute atomic E-state index is 0.177. The van der Waals surface area contributed by atoms with E-state index in [1.807, 2.05) is 24.3 Å². The van der Waals surface area contributed by atoms with Gasteiger partial charge in [0.2, 0.25) is 0 Å². The highest BCUT2D eigenvalue weighted by molar-refractivity contribution is 5.82. The molecular weight excluding hydrogens is 373 g/mol. The summed E-state index contributed by atoms with van der Waals surface area (Å²) in [7, 11) is 1.61. The van der Waals surface area contributed by atoms with Crippen molar-refractivity contribution in [2.45, 2.75) is 25.5 Å². The van der Waals surface area contributed by atoms with Crippen LogP contribution in [-0.2, 0) is 11.2 Å². The fourth-order valence-corrected chi connectivity index (χ4v) is 3.67. The first-order valence-electron chi connectivity index (χ1n) is 9.45. The van der Waals surface area contributed by atoms with Crippen molar-refractivity contribution in [3.05, 3.63) is 77.6 Å². The predicted octanol–water partition coefficient (Wildman–Crippen LogP) is 3.50. The summed E-state index contributed by atoms with van der Waals surface area (Å²) in [5.74, 6) is 0.484. The standard InChI is InChI=1S/C22H22FN3O3/c1-14(29-18-5-3-4-16(23)12-18)22(27)26-11-10-19-20(25-13-24-19)21(26)15-6-8-17(28-2)9-7-15/h3-9,12-14,21H,10-11H2,1-2H3,(H,24,25)/t14-,21-/m0/s1. The van der Waals surface area contributed by atoms with Crippen LogP contribution in [0.15, 0.2) is 54.9 Å². The number of imidazole rings is 1. The van der Waals surface area contributed by atoms with Crippen LogP contribution in [0.3, 0.4) is 0 Å². The SMILES string of the molecule is COc1ccc([C@H]2c3nc[nH]c3CCN2C(=O)[C@H](C)Oc2cccc(F)c2)cc1. The Bertz CT molecular complexity index is 1000. The first-order valence-corrected chi connectivity index (χ1v) is 9.45. The Morgan fingerprint density at radius 2 is 2.03 bits per heavy atom. The van der Waals surface area contributed by atoms with Crippen molar-refractivity contribution in [1.82, 2.24) is 14.9 Å². The second-order valence-corrected chi connectivity index (χ2v) is 6.94. The van der Waals surface area contributed by atoms with Crippen LogP contribution in [0.1, 0.15) is 29.9 Å². The van der Waals surface area contributed by atoms with Gasteiger partial charge in [0.1, 0.15) is 23.4 Å². The van der Waals surface area contributed by atoms with Crippen molar-refractivity contribution in [3.8, 4) is 11.5 Å². The van der Waals surface area contributed by atoms with Gasteiger partial charge in [0, 0.05) is 24.7 Å². The van der Waals surface area contributed by atoms with Gasteiger partial charge in [-0.15, -0.1) is 0 Å². The lowest BCUT2D eigenvalue weighted by Crippen LogP contribution is -2.46. The molecule has 1 aliphatic rings. The number of aromatic nitrogens is 2. The molecule has 0 radical (unpaired) electrons. The van der Waals surface area contributed by atoms with Crippen molar-refractivity contribution >= 4 is 5.91 Å². The molecule has 0 unspecified atom stereocenters. The van der Waals surface area contributed by atoms with E-state index in [2.05, 4.69) is 9.97 Å². The Hall–Kier alpha value is -3.35. The van der Waals surface area contributed by atoms with Crippen LogP contribution >= 0.6 is 0 Å². The van der Waals surface area contributed by atoms with Gasteiger partial charge in [-0.3, -0.25) is 4.79 Å². The summed E-state index contributed by atoms with van der Waals surface area (Å²) in [5.41, 5.74) is 2.78. The zero-order valence-electron chi connectivity index (χ0n) is 16.3. The third-order valence-corrected chi connectivity index (χ3v) is 5.10. The fraction of sp³-hybridized carbons (Fsp3) is 0.273. The number of rotatable bonds is 5. The van der Waals surface area contributed by atoms with Crippen LogP contribution in [0.5, 0.6) is 11.5 Å². The molecule has 2 atom stereocenters. The number of carbonyl (C=O) groups is 1. The molecule has 0 fully saturated rings. The van der Waals surface area contributed by atoms with Crippen LogP contribution in [0.4, 0.5) is 4.39 Å². The fourth-order valence-electron chi connectivity index (χ4n) is 3.67. The van der Waals surface area contributed by atoms with Crippen molar-refractivity contribution in [2.75, 3.05) is 13.7 Å². The van der Waals surface area contributed by atoms with E-state index in [-0.39, 0.29) is 11.9 Å². The number of H-pyrrole nitrogens is 1. The van der Waals surface area contributed by atoms with Gasteiger partial charge in [-0.1, -0.05) is 18.2 Å². The Morgan fingerprint density at radius 3 is 2.76 bits per heavy atom. The van der Waals surface area contributed by atoms with Crippen molar-refractivity contribution < 1.29 is 18.7 Å². The van der Waals surface area contributed by atoms with E-state index in [0.717, 1.165) is 22.7 Å². The van der Waals surface area contributed by atoms with E-state index >= 15 is 0 Å². The molecule has 0 bridgehead atoms. The molecule has 1 aliphatic heterocycles. The van der Waals surface area contributed by atoms with E-state index in [9.17, 15) is 9.18 Å². The molecule has 4 rings (SSSR count). The molecule has 1 amide bonds. The van der Waals surface area contributed by atoms with E-state index in [1.165, 1.54) is 12.1 Å². The quantitative estimate of drug-likeness (QED) is 0.718. The lowest BCUT2D eigenvalue weighted by Gasteiger charge is -2.36. The van der Waals surface area contributed by atoms with Gasteiger partial charge in [-0.25, -0.2) is 9.37 Å². The number of hydrogen-bond donors (Lipinski definition) is 1. The number of fused-ring (bicyclic) bond motifs is 1. The molecule has 0 saturated heterocycles. The summed E-state index contributed by atoms with van der Waals surface area (Å²) in [5, 5.41) is 0. The number of carbonyl (C=O) groups excluding carboxylic acids is 1. The third-order valence-electron chi connectivity index (χ3n) is 5.10. The van der Waals surface area contributed by atoms with Gasteiger partial charge < -0.3 is 19.4 Å². The molecule has 1 N–H and O–H groups in total. The molecule has 7 heteroatoms. The van der Waals surface area contributed by atoms with Gasteiger partial charge in [-0.05, 0) is 36.8 Å². The topological polar surface area (TPSA) is 67.5 Å². The summed E-state index contributed by atoms with van der Waals surface area (Å²) in [4.78, 5) is 22.7. The number of nitrogens with zero attached hydrogens (tertiary/aromatic N) is 2. The second-order valence-electron chi connectivity index (χ2n) is 6.94. The van der Waals surface area contributed by atoms with E-state index < -0.39 is 11.9 Å². The van der Waals surface area contributed by atoms with Crippen LogP contribution < -0.4 is 9.47 Å². The maximum atomic E-state index is 13.5. The molecule has 0 aliphatic carbocycles. The number of nitrogens with one attached hydrogen (secondary N) is 1. The molecular formula is C22H22FN3O3. The van der Waals surface area contributed by atoms with Gasteiger partial charge in [-0.2, -0.15) is 0 Å². The first kappa shape index (κ1) is 19.0. The average molecular weight is 395 g/mol. The molecule has 2 heterocycles. The van der Waals surface area contributed by atoms with Crippen LogP contribution in [-0.4, -0.2) is 40.5 Å². The average Bonchev–Trinajstić information content (AvgIpc) is 3.21. The smallest absolute Gasteiger partial charge is 0.264 e. The monoisotopic (exact) mass is 395 g/mol. The van der Waals surface area contributed by atoms with E-state index in [1.54, 1.807) is 37.4 Å².